The highest BCUT2D eigenvalue weighted by molar-refractivity contribution is 7.89. The zero-order valence-corrected chi connectivity index (χ0v) is 20.0. The molecule has 0 N–H and O–H groups in total. The van der Waals surface area contributed by atoms with Gasteiger partial charge in [0.15, 0.2) is 0 Å². The first-order valence-electron chi connectivity index (χ1n) is 11.8. The number of amidine groups is 1. The van der Waals surface area contributed by atoms with Crippen LogP contribution in [0.5, 0.6) is 5.75 Å². The molecule has 2 aromatic carbocycles. The van der Waals surface area contributed by atoms with Crippen LogP contribution in [-0.4, -0.2) is 87.3 Å². The molecule has 0 bridgehead atoms. The highest BCUT2D eigenvalue weighted by Crippen LogP contribution is 2.31. The van der Waals surface area contributed by atoms with Crippen molar-refractivity contribution in [3.05, 3.63) is 48.5 Å². The highest BCUT2D eigenvalue weighted by atomic mass is 32.2. The van der Waals surface area contributed by atoms with Crippen LogP contribution in [0.25, 0.3) is 11.1 Å². The Kier molecular flexibility index (Phi) is 6.40. The molecular weight excluding hydrogens is 436 g/mol. The first-order chi connectivity index (χ1) is 16.1. The maximum atomic E-state index is 13.4. The van der Waals surface area contributed by atoms with Gasteiger partial charge in [-0.3, -0.25) is 19.1 Å². The molecule has 2 aromatic rings. The molecule has 2 heterocycles. The summed E-state index contributed by atoms with van der Waals surface area (Å²) in [7, 11) is -2.00. The second-order valence-electron chi connectivity index (χ2n) is 9.00. The van der Waals surface area contributed by atoms with Crippen molar-refractivity contribution in [1.82, 2.24) is 14.1 Å². The summed E-state index contributed by atoms with van der Waals surface area (Å²) in [5, 5.41) is 0. The number of aliphatic imine (C=N–C) groups is 1. The Morgan fingerprint density at radius 1 is 0.970 bits per heavy atom. The normalized spacial score (nSPS) is 20.5. The van der Waals surface area contributed by atoms with Crippen molar-refractivity contribution in [2.75, 3.05) is 52.9 Å². The predicted molar refractivity (Wildman–Crippen MR) is 130 cm³/mol. The molecule has 0 spiro atoms. The monoisotopic (exact) mass is 468 g/mol. The Labute approximate surface area is 196 Å². The SMILES string of the molecule is COc1ccccc1-c1ccc(S(=O)(=O)N2CCN=C2CN2CCN(C3CCC3)CC2)cc1. The molecule has 33 heavy (non-hydrogen) atoms. The van der Waals surface area contributed by atoms with Crippen molar-refractivity contribution >= 4 is 15.9 Å². The van der Waals surface area contributed by atoms with Crippen molar-refractivity contribution in [1.29, 1.82) is 0 Å². The number of hydrogen-bond acceptors (Lipinski definition) is 6. The number of rotatable bonds is 7. The maximum Gasteiger partial charge on any atom is 0.265 e. The Morgan fingerprint density at radius 2 is 1.70 bits per heavy atom. The van der Waals surface area contributed by atoms with E-state index in [-0.39, 0.29) is 0 Å². The smallest absolute Gasteiger partial charge is 0.265 e. The van der Waals surface area contributed by atoms with Crippen LogP contribution in [0.15, 0.2) is 58.4 Å². The summed E-state index contributed by atoms with van der Waals surface area (Å²) < 4.78 is 33.8. The molecule has 2 aliphatic heterocycles. The van der Waals surface area contributed by atoms with Crippen molar-refractivity contribution in [2.45, 2.75) is 30.2 Å². The zero-order valence-electron chi connectivity index (χ0n) is 19.2. The van der Waals surface area contributed by atoms with Gasteiger partial charge in [-0.25, -0.2) is 8.42 Å². The molecule has 1 saturated carbocycles. The van der Waals surface area contributed by atoms with Gasteiger partial charge in [0.25, 0.3) is 10.0 Å². The minimum atomic E-state index is -3.64. The number of piperazine rings is 1. The minimum absolute atomic E-state index is 0.297. The van der Waals surface area contributed by atoms with E-state index in [1.54, 1.807) is 19.2 Å². The molecule has 5 rings (SSSR count). The topological polar surface area (TPSA) is 65.5 Å². The largest absolute Gasteiger partial charge is 0.496 e. The lowest BCUT2D eigenvalue weighted by atomic mass is 9.91. The number of methoxy groups -OCH3 is 1. The molecule has 176 valence electrons. The summed E-state index contributed by atoms with van der Waals surface area (Å²) >= 11 is 0. The summed E-state index contributed by atoms with van der Waals surface area (Å²) in [5.74, 6) is 1.43. The average molecular weight is 469 g/mol. The second kappa shape index (κ2) is 9.44. The summed E-state index contributed by atoms with van der Waals surface area (Å²) in [6.45, 7) is 5.60. The molecule has 3 aliphatic rings. The van der Waals surface area contributed by atoms with Crippen LogP contribution < -0.4 is 4.74 Å². The molecule has 0 atom stereocenters. The van der Waals surface area contributed by atoms with Crippen LogP contribution in [0.3, 0.4) is 0 Å². The van der Waals surface area contributed by atoms with Gasteiger partial charge in [0, 0.05) is 37.8 Å². The lowest BCUT2D eigenvalue weighted by molar-refractivity contribution is 0.0675. The Hall–Kier alpha value is -2.42. The summed E-state index contributed by atoms with van der Waals surface area (Å²) in [4.78, 5) is 9.79. The van der Waals surface area contributed by atoms with E-state index in [1.807, 2.05) is 36.4 Å². The van der Waals surface area contributed by atoms with Gasteiger partial charge in [0.1, 0.15) is 11.6 Å². The van der Waals surface area contributed by atoms with Crippen LogP contribution >= 0.6 is 0 Å². The van der Waals surface area contributed by atoms with Gasteiger partial charge in [0.05, 0.1) is 31.6 Å². The first kappa shape index (κ1) is 22.4. The molecule has 0 radical (unpaired) electrons. The van der Waals surface area contributed by atoms with Crippen molar-refractivity contribution in [2.24, 2.45) is 4.99 Å². The molecule has 1 aliphatic carbocycles. The molecule has 0 amide bonds. The first-order valence-corrected chi connectivity index (χ1v) is 13.3. The minimum Gasteiger partial charge on any atom is -0.496 e. The molecule has 1 saturated heterocycles. The van der Waals surface area contributed by atoms with Crippen LogP contribution in [0.2, 0.25) is 0 Å². The van der Waals surface area contributed by atoms with Crippen molar-refractivity contribution < 1.29 is 13.2 Å². The molecule has 0 unspecified atom stereocenters. The second-order valence-corrected chi connectivity index (χ2v) is 10.9. The lowest BCUT2D eigenvalue weighted by Crippen LogP contribution is -2.54. The fraction of sp³-hybridized carbons (Fsp3) is 0.480. The van der Waals surface area contributed by atoms with E-state index in [9.17, 15) is 8.42 Å². The highest BCUT2D eigenvalue weighted by Gasteiger charge is 2.33. The summed E-state index contributed by atoms with van der Waals surface area (Å²) in [6, 6.07) is 15.6. The Morgan fingerprint density at radius 3 is 2.36 bits per heavy atom. The Bertz CT molecular complexity index is 1100. The fourth-order valence-corrected chi connectivity index (χ4v) is 6.37. The van der Waals surface area contributed by atoms with Gasteiger partial charge in [0.2, 0.25) is 0 Å². The van der Waals surface area contributed by atoms with E-state index in [4.69, 9.17) is 4.74 Å². The molecule has 0 aromatic heterocycles. The van der Waals surface area contributed by atoms with E-state index in [0.29, 0.717) is 30.4 Å². The van der Waals surface area contributed by atoms with Gasteiger partial charge in [-0.1, -0.05) is 36.8 Å². The molecular formula is C25H32N4O3S. The van der Waals surface area contributed by atoms with Crippen LogP contribution in [0.1, 0.15) is 19.3 Å². The molecule has 2 fully saturated rings. The third kappa shape index (κ3) is 4.52. The number of ether oxygens (including phenoxy) is 1. The van der Waals surface area contributed by atoms with Gasteiger partial charge in [-0.15, -0.1) is 0 Å². The third-order valence-corrected chi connectivity index (χ3v) is 8.95. The standard InChI is InChI=1S/C25H32N4O3S/c1-32-24-8-3-2-7-23(24)20-9-11-22(12-10-20)33(30,31)29-14-13-26-25(29)19-27-15-17-28(18-16-27)21-5-4-6-21/h2-3,7-12,21H,4-6,13-19H2,1H3. The Balaban J connectivity index is 1.26. The number of sulfonamides is 1. The van der Waals surface area contributed by atoms with E-state index < -0.39 is 10.0 Å². The van der Waals surface area contributed by atoms with E-state index in [1.165, 1.54) is 23.6 Å². The number of para-hydroxylation sites is 1. The lowest BCUT2D eigenvalue weighted by Gasteiger charge is -2.43. The van der Waals surface area contributed by atoms with Gasteiger partial charge in [-0.05, 0) is 36.6 Å². The average Bonchev–Trinajstić information content (AvgIpc) is 3.28. The number of benzene rings is 2. The maximum absolute atomic E-state index is 13.4. The summed E-state index contributed by atoms with van der Waals surface area (Å²) in [6.07, 6.45) is 4.01. The van der Waals surface area contributed by atoms with Gasteiger partial charge >= 0.3 is 0 Å². The van der Waals surface area contributed by atoms with E-state index in [0.717, 1.165) is 49.1 Å². The van der Waals surface area contributed by atoms with Crippen molar-refractivity contribution in [3.8, 4) is 16.9 Å². The molecule has 8 heteroatoms. The fourth-order valence-electron chi connectivity index (χ4n) is 4.92. The van der Waals surface area contributed by atoms with Gasteiger partial charge < -0.3 is 4.74 Å². The molecule has 7 nitrogen and oxygen atoms in total. The predicted octanol–water partition coefficient (Wildman–Crippen LogP) is 2.94. The van der Waals surface area contributed by atoms with Crippen LogP contribution in [0.4, 0.5) is 0 Å². The van der Waals surface area contributed by atoms with Crippen LogP contribution in [-0.2, 0) is 10.0 Å². The van der Waals surface area contributed by atoms with Crippen molar-refractivity contribution in [3.63, 3.8) is 0 Å². The van der Waals surface area contributed by atoms with E-state index in [2.05, 4.69) is 14.8 Å². The summed E-state index contributed by atoms with van der Waals surface area (Å²) in [5.41, 5.74) is 1.86. The third-order valence-electron chi connectivity index (χ3n) is 7.11. The van der Waals surface area contributed by atoms with Crippen LogP contribution in [0, 0.1) is 0 Å². The number of nitrogens with zero attached hydrogens (tertiary/aromatic N) is 4. The number of hydrogen-bond donors (Lipinski definition) is 0. The van der Waals surface area contributed by atoms with Gasteiger partial charge in [-0.2, -0.15) is 0 Å². The van der Waals surface area contributed by atoms with E-state index >= 15 is 0 Å². The zero-order chi connectivity index (χ0) is 22.8. The quantitative estimate of drug-likeness (QED) is 0.625.